The summed E-state index contributed by atoms with van der Waals surface area (Å²) in [6, 6.07) is 1.90. The molecule has 0 spiro atoms. The smallest absolute Gasteiger partial charge is 0.273 e. The number of nitrogens with one attached hydrogen (secondary N) is 3. The summed E-state index contributed by atoms with van der Waals surface area (Å²) in [6.45, 7) is 3.12. The van der Waals surface area contributed by atoms with Gasteiger partial charge in [0.15, 0.2) is 5.69 Å². The van der Waals surface area contributed by atoms with Crippen LogP contribution in [0.4, 0.5) is 5.69 Å². The largest absolute Gasteiger partial charge is 0.383 e. The van der Waals surface area contributed by atoms with Crippen LogP contribution in [0.5, 0.6) is 0 Å². The molecule has 0 aliphatic carbocycles. The summed E-state index contributed by atoms with van der Waals surface area (Å²) in [5.41, 5.74) is 2.37. The van der Waals surface area contributed by atoms with Crippen molar-refractivity contribution in [2.24, 2.45) is 0 Å². The van der Waals surface area contributed by atoms with E-state index in [1.807, 2.05) is 13.0 Å². The number of hydrogen-bond acceptors (Lipinski definition) is 5. The fourth-order valence-corrected chi connectivity index (χ4v) is 1.45. The molecule has 18 heavy (non-hydrogen) atoms. The molecule has 2 heterocycles. The van der Waals surface area contributed by atoms with E-state index in [-0.39, 0.29) is 11.6 Å². The van der Waals surface area contributed by atoms with Gasteiger partial charge in [0.1, 0.15) is 0 Å². The number of hydrogen-bond donors (Lipinski definition) is 3. The highest BCUT2D eigenvalue weighted by Gasteiger charge is 2.06. The van der Waals surface area contributed by atoms with Gasteiger partial charge in [-0.05, 0) is 18.6 Å². The second-order valence-electron chi connectivity index (χ2n) is 3.73. The molecular formula is C11H14N6O. The molecule has 0 saturated carbocycles. The van der Waals surface area contributed by atoms with Crippen molar-refractivity contribution in [3.05, 3.63) is 35.9 Å². The maximum absolute atomic E-state index is 11.5. The highest BCUT2D eigenvalue weighted by molar-refractivity contribution is 5.91. The van der Waals surface area contributed by atoms with Crippen LogP contribution < -0.4 is 10.6 Å². The maximum atomic E-state index is 11.5. The maximum Gasteiger partial charge on any atom is 0.273 e. The van der Waals surface area contributed by atoms with Crippen molar-refractivity contribution in [1.82, 2.24) is 25.7 Å². The molecule has 2 rings (SSSR count). The Hall–Kier alpha value is -2.44. The van der Waals surface area contributed by atoms with Crippen LogP contribution in [-0.4, -0.2) is 39.4 Å². The SMILES string of the molecule is Cc1cnccc1NCCNC(=O)c1cn[nH]n1. The molecule has 3 N–H and O–H groups in total. The number of nitrogens with zero attached hydrogens (tertiary/aromatic N) is 3. The van der Waals surface area contributed by atoms with Crippen LogP contribution >= 0.6 is 0 Å². The summed E-state index contributed by atoms with van der Waals surface area (Å²) < 4.78 is 0. The Morgan fingerprint density at radius 2 is 2.28 bits per heavy atom. The highest BCUT2D eigenvalue weighted by Crippen LogP contribution is 2.10. The van der Waals surface area contributed by atoms with Crippen LogP contribution in [0.15, 0.2) is 24.7 Å². The van der Waals surface area contributed by atoms with Gasteiger partial charge in [0, 0.05) is 31.2 Å². The van der Waals surface area contributed by atoms with E-state index in [1.54, 1.807) is 12.4 Å². The molecule has 2 aromatic rings. The lowest BCUT2D eigenvalue weighted by molar-refractivity contribution is 0.0950. The third kappa shape index (κ3) is 3.03. The minimum absolute atomic E-state index is 0.239. The van der Waals surface area contributed by atoms with Crippen LogP contribution in [0.3, 0.4) is 0 Å². The number of aryl methyl sites for hydroxylation is 1. The van der Waals surface area contributed by atoms with Crippen molar-refractivity contribution in [3.63, 3.8) is 0 Å². The zero-order valence-electron chi connectivity index (χ0n) is 9.97. The van der Waals surface area contributed by atoms with Crippen LogP contribution in [0.1, 0.15) is 16.1 Å². The average Bonchev–Trinajstić information content (AvgIpc) is 2.90. The van der Waals surface area contributed by atoms with E-state index in [0.717, 1.165) is 11.3 Å². The van der Waals surface area contributed by atoms with E-state index in [4.69, 9.17) is 0 Å². The molecule has 0 fully saturated rings. The Morgan fingerprint density at radius 3 is 3.00 bits per heavy atom. The van der Waals surface area contributed by atoms with Gasteiger partial charge in [0.2, 0.25) is 0 Å². The Morgan fingerprint density at radius 1 is 1.39 bits per heavy atom. The standard InChI is InChI=1S/C11H14N6O/c1-8-6-12-3-2-9(8)13-4-5-14-11(18)10-7-15-17-16-10/h2-3,6-7H,4-5H2,1H3,(H,12,13)(H,14,18)(H,15,16,17). The molecule has 0 aliphatic heterocycles. The zero-order chi connectivity index (χ0) is 12.8. The van der Waals surface area contributed by atoms with E-state index in [9.17, 15) is 4.79 Å². The summed E-state index contributed by atoms with van der Waals surface area (Å²) in [7, 11) is 0. The van der Waals surface area contributed by atoms with Crippen molar-refractivity contribution >= 4 is 11.6 Å². The Balaban J connectivity index is 1.74. The normalized spacial score (nSPS) is 10.1. The molecule has 2 aromatic heterocycles. The lowest BCUT2D eigenvalue weighted by Gasteiger charge is -2.08. The second kappa shape index (κ2) is 5.76. The molecule has 0 aliphatic rings. The predicted molar refractivity (Wildman–Crippen MR) is 66.2 cm³/mol. The number of carbonyl (C=O) groups excluding carboxylic acids is 1. The fourth-order valence-electron chi connectivity index (χ4n) is 1.45. The van der Waals surface area contributed by atoms with E-state index >= 15 is 0 Å². The number of aromatic nitrogens is 4. The molecule has 7 heteroatoms. The predicted octanol–water partition coefficient (Wildman–Crippen LogP) is 0.350. The van der Waals surface area contributed by atoms with E-state index < -0.39 is 0 Å². The van der Waals surface area contributed by atoms with Gasteiger partial charge in [0.05, 0.1) is 6.20 Å². The number of pyridine rings is 1. The summed E-state index contributed by atoms with van der Waals surface area (Å²) in [5, 5.41) is 15.6. The number of rotatable bonds is 5. The lowest BCUT2D eigenvalue weighted by Crippen LogP contribution is -2.29. The molecule has 0 radical (unpaired) electrons. The minimum atomic E-state index is -0.239. The third-order valence-electron chi connectivity index (χ3n) is 2.39. The molecule has 0 saturated heterocycles. The first-order valence-electron chi connectivity index (χ1n) is 5.56. The quantitative estimate of drug-likeness (QED) is 0.662. The molecule has 94 valence electrons. The first kappa shape index (κ1) is 12.0. The van der Waals surface area contributed by atoms with Gasteiger partial charge < -0.3 is 10.6 Å². The summed E-state index contributed by atoms with van der Waals surface area (Å²) >= 11 is 0. The van der Waals surface area contributed by atoms with Crippen molar-refractivity contribution in [3.8, 4) is 0 Å². The number of carbonyl (C=O) groups is 1. The average molecular weight is 246 g/mol. The van der Waals surface area contributed by atoms with Gasteiger partial charge in [-0.3, -0.25) is 9.78 Å². The van der Waals surface area contributed by atoms with E-state index in [0.29, 0.717) is 13.1 Å². The van der Waals surface area contributed by atoms with Crippen molar-refractivity contribution < 1.29 is 4.79 Å². The van der Waals surface area contributed by atoms with Gasteiger partial charge >= 0.3 is 0 Å². The van der Waals surface area contributed by atoms with Gasteiger partial charge in [-0.25, -0.2) is 0 Å². The van der Waals surface area contributed by atoms with Crippen LogP contribution in [-0.2, 0) is 0 Å². The number of aromatic amines is 1. The molecule has 1 amide bonds. The van der Waals surface area contributed by atoms with Crippen LogP contribution in [0.2, 0.25) is 0 Å². The van der Waals surface area contributed by atoms with E-state index in [1.165, 1.54) is 6.20 Å². The molecule has 0 unspecified atom stereocenters. The lowest BCUT2D eigenvalue weighted by atomic mass is 10.2. The molecular weight excluding hydrogens is 232 g/mol. The first-order chi connectivity index (χ1) is 8.77. The fraction of sp³-hybridized carbons (Fsp3) is 0.273. The molecule has 0 aromatic carbocycles. The van der Waals surface area contributed by atoms with Gasteiger partial charge in [-0.1, -0.05) is 0 Å². The van der Waals surface area contributed by atoms with E-state index in [2.05, 4.69) is 31.0 Å². The zero-order valence-corrected chi connectivity index (χ0v) is 9.97. The summed E-state index contributed by atoms with van der Waals surface area (Å²) in [4.78, 5) is 15.5. The minimum Gasteiger partial charge on any atom is -0.383 e. The number of anilines is 1. The molecule has 7 nitrogen and oxygen atoms in total. The highest BCUT2D eigenvalue weighted by atomic mass is 16.1. The van der Waals surface area contributed by atoms with Gasteiger partial charge in [-0.2, -0.15) is 15.4 Å². The van der Waals surface area contributed by atoms with Crippen molar-refractivity contribution in [2.75, 3.05) is 18.4 Å². The first-order valence-corrected chi connectivity index (χ1v) is 5.56. The van der Waals surface area contributed by atoms with Gasteiger partial charge in [0.25, 0.3) is 5.91 Å². The summed E-state index contributed by atoms with van der Waals surface area (Å²) in [5.74, 6) is -0.239. The Labute approximate surface area is 104 Å². The summed E-state index contributed by atoms with van der Waals surface area (Å²) in [6.07, 6.45) is 4.90. The third-order valence-corrected chi connectivity index (χ3v) is 2.39. The molecule has 0 bridgehead atoms. The second-order valence-corrected chi connectivity index (χ2v) is 3.73. The van der Waals surface area contributed by atoms with Gasteiger partial charge in [-0.15, -0.1) is 0 Å². The number of H-pyrrole nitrogens is 1. The monoisotopic (exact) mass is 246 g/mol. The Kier molecular flexibility index (Phi) is 3.85. The van der Waals surface area contributed by atoms with Crippen molar-refractivity contribution in [1.29, 1.82) is 0 Å². The molecule has 0 atom stereocenters. The van der Waals surface area contributed by atoms with Crippen LogP contribution in [0, 0.1) is 6.92 Å². The van der Waals surface area contributed by atoms with Crippen molar-refractivity contribution in [2.45, 2.75) is 6.92 Å². The van der Waals surface area contributed by atoms with Crippen LogP contribution in [0.25, 0.3) is 0 Å². The Bertz CT molecular complexity index is 510. The topological polar surface area (TPSA) is 95.6 Å². The number of amides is 1.